The fourth-order valence-corrected chi connectivity index (χ4v) is 2.94. The average molecular weight is 397 g/mol. The molecule has 1 heterocycles. The molecular weight excluding hydrogens is 376 g/mol. The molecule has 0 saturated heterocycles. The summed E-state index contributed by atoms with van der Waals surface area (Å²) >= 11 is 3.55. The van der Waals surface area contributed by atoms with Gasteiger partial charge < -0.3 is 14.8 Å². The molecule has 3 rings (SSSR count). The van der Waals surface area contributed by atoms with Crippen molar-refractivity contribution < 1.29 is 14.3 Å². The van der Waals surface area contributed by atoms with Gasteiger partial charge in [0.05, 0.1) is 23.1 Å². The maximum Gasteiger partial charge on any atom is 0.319 e. The van der Waals surface area contributed by atoms with Gasteiger partial charge in [-0.15, -0.1) is 5.10 Å². The Morgan fingerprint density at radius 1 is 1.46 bits per heavy atom. The van der Waals surface area contributed by atoms with Gasteiger partial charge in [0, 0.05) is 13.1 Å². The molecule has 1 aliphatic rings. The summed E-state index contributed by atoms with van der Waals surface area (Å²) in [4.78, 5) is 11.2. The molecule has 2 aromatic rings. The van der Waals surface area contributed by atoms with Crippen molar-refractivity contribution in [1.29, 1.82) is 0 Å². The number of rotatable bonds is 9. The van der Waals surface area contributed by atoms with Crippen LogP contribution in [0.2, 0.25) is 0 Å². The van der Waals surface area contributed by atoms with Gasteiger partial charge >= 0.3 is 5.97 Å². The summed E-state index contributed by atoms with van der Waals surface area (Å²) in [5.41, 5.74) is 1.83. The monoisotopic (exact) mass is 396 g/mol. The lowest BCUT2D eigenvalue weighted by atomic mass is 10.3. The molecule has 24 heavy (non-hydrogen) atoms. The first-order chi connectivity index (χ1) is 11.7. The molecule has 1 aromatic carbocycles. The number of aromatic nitrogens is 3. The predicted octanol–water partition coefficient (Wildman–Crippen LogP) is 2.14. The van der Waals surface area contributed by atoms with Crippen LogP contribution in [0.3, 0.4) is 0 Å². The molecular formula is C16H21BrN4O3. The molecule has 1 aliphatic carbocycles. The first kappa shape index (κ1) is 17.2. The topological polar surface area (TPSA) is 78.3 Å². The van der Waals surface area contributed by atoms with Crippen LogP contribution in [-0.2, 0) is 16.1 Å². The summed E-state index contributed by atoms with van der Waals surface area (Å²) in [6.45, 7) is 4.30. The molecule has 0 aliphatic heterocycles. The van der Waals surface area contributed by atoms with Crippen molar-refractivity contribution in [3.63, 3.8) is 0 Å². The van der Waals surface area contributed by atoms with Crippen molar-refractivity contribution in [1.82, 2.24) is 20.3 Å². The zero-order valence-electron chi connectivity index (χ0n) is 13.6. The van der Waals surface area contributed by atoms with Crippen molar-refractivity contribution in [2.75, 3.05) is 26.3 Å². The summed E-state index contributed by atoms with van der Waals surface area (Å²) in [5, 5.41) is 11.5. The number of benzene rings is 1. The highest BCUT2D eigenvalue weighted by molar-refractivity contribution is 9.10. The largest absolute Gasteiger partial charge is 0.491 e. The second kappa shape index (κ2) is 7.94. The molecule has 0 spiro atoms. The SMILES string of the molecule is CCOC(=O)CNCCOc1ccc2c(nnn2CC2CC2)c1Br. The van der Waals surface area contributed by atoms with Crippen LogP contribution in [0.1, 0.15) is 19.8 Å². The number of hydrogen-bond donors (Lipinski definition) is 1. The third kappa shape index (κ3) is 4.24. The molecule has 1 saturated carbocycles. The lowest BCUT2D eigenvalue weighted by Crippen LogP contribution is -2.28. The van der Waals surface area contributed by atoms with Crippen LogP contribution in [0.4, 0.5) is 0 Å². The number of nitrogens with zero attached hydrogens (tertiary/aromatic N) is 3. The van der Waals surface area contributed by atoms with Crippen molar-refractivity contribution in [2.24, 2.45) is 5.92 Å². The first-order valence-corrected chi connectivity index (χ1v) is 8.99. The van der Waals surface area contributed by atoms with E-state index in [-0.39, 0.29) is 12.5 Å². The van der Waals surface area contributed by atoms with Crippen LogP contribution in [0.5, 0.6) is 5.75 Å². The molecule has 0 amide bonds. The molecule has 0 unspecified atom stereocenters. The summed E-state index contributed by atoms with van der Waals surface area (Å²) in [6, 6.07) is 3.91. The number of fused-ring (bicyclic) bond motifs is 1. The van der Waals surface area contributed by atoms with Crippen LogP contribution in [0.25, 0.3) is 11.0 Å². The molecule has 0 atom stereocenters. The summed E-state index contributed by atoms with van der Waals surface area (Å²) in [7, 11) is 0. The van der Waals surface area contributed by atoms with Crippen LogP contribution in [0.15, 0.2) is 16.6 Å². The Labute approximate surface area is 148 Å². The number of ether oxygens (including phenoxy) is 2. The highest BCUT2D eigenvalue weighted by Crippen LogP contribution is 2.34. The Balaban J connectivity index is 1.53. The van der Waals surface area contributed by atoms with E-state index < -0.39 is 0 Å². The molecule has 1 N–H and O–H groups in total. The van der Waals surface area contributed by atoms with Gasteiger partial charge in [-0.3, -0.25) is 4.79 Å². The van der Waals surface area contributed by atoms with Gasteiger partial charge in [0.1, 0.15) is 17.9 Å². The molecule has 1 aromatic heterocycles. The minimum Gasteiger partial charge on any atom is -0.491 e. The van der Waals surface area contributed by atoms with Gasteiger partial charge in [-0.05, 0) is 53.7 Å². The molecule has 130 valence electrons. The normalized spacial score (nSPS) is 14.1. The van der Waals surface area contributed by atoms with E-state index in [4.69, 9.17) is 9.47 Å². The number of carbonyl (C=O) groups is 1. The van der Waals surface area contributed by atoms with Gasteiger partial charge in [-0.25, -0.2) is 4.68 Å². The Bertz CT molecular complexity index is 715. The van der Waals surface area contributed by atoms with E-state index >= 15 is 0 Å². The molecule has 8 heteroatoms. The maximum absolute atomic E-state index is 11.2. The van der Waals surface area contributed by atoms with Crippen molar-refractivity contribution >= 4 is 32.9 Å². The van der Waals surface area contributed by atoms with E-state index in [1.165, 1.54) is 12.8 Å². The smallest absolute Gasteiger partial charge is 0.319 e. The quantitative estimate of drug-likeness (QED) is 0.516. The van der Waals surface area contributed by atoms with Crippen LogP contribution < -0.4 is 10.1 Å². The number of carbonyl (C=O) groups excluding carboxylic acids is 1. The fraction of sp³-hybridized carbons (Fsp3) is 0.562. The molecule has 0 bridgehead atoms. The van der Waals surface area contributed by atoms with E-state index in [1.807, 2.05) is 16.8 Å². The number of esters is 1. The van der Waals surface area contributed by atoms with E-state index in [2.05, 4.69) is 31.6 Å². The lowest BCUT2D eigenvalue weighted by molar-refractivity contribution is -0.142. The van der Waals surface area contributed by atoms with Crippen molar-refractivity contribution in [3.8, 4) is 5.75 Å². The second-order valence-electron chi connectivity index (χ2n) is 5.79. The van der Waals surface area contributed by atoms with Crippen molar-refractivity contribution in [3.05, 3.63) is 16.6 Å². The average Bonchev–Trinajstić information content (AvgIpc) is 3.28. The number of nitrogens with one attached hydrogen (secondary N) is 1. The fourth-order valence-electron chi connectivity index (χ4n) is 2.41. The Morgan fingerprint density at radius 3 is 3.04 bits per heavy atom. The minimum atomic E-state index is -0.257. The second-order valence-corrected chi connectivity index (χ2v) is 6.58. The Hall–Kier alpha value is -1.67. The van der Waals surface area contributed by atoms with E-state index in [0.717, 1.165) is 33.7 Å². The number of halogens is 1. The third-order valence-corrected chi connectivity index (χ3v) is 4.60. The lowest BCUT2D eigenvalue weighted by Gasteiger charge is -2.09. The highest BCUT2D eigenvalue weighted by atomic mass is 79.9. The zero-order chi connectivity index (χ0) is 16.9. The van der Waals surface area contributed by atoms with Gasteiger partial charge in [0.25, 0.3) is 0 Å². The summed E-state index contributed by atoms with van der Waals surface area (Å²) in [6.07, 6.45) is 2.56. The van der Waals surface area contributed by atoms with E-state index in [9.17, 15) is 4.79 Å². The molecule has 0 radical (unpaired) electrons. The number of hydrogen-bond acceptors (Lipinski definition) is 6. The zero-order valence-corrected chi connectivity index (χ0v) is 15.2. The highest BCUT2D eigenvalue weighted by Gasteiger charge is 2.23. The Kier molecular flexibility index (Phi) is 5.68. The summed E-state index contributed by atoms with van der Waals surface area (Å²) < 4.78 is 13.4. The van der Waals surface area contributed by atoms with E-state index in [0.29, 0.717) is 19.8 Å². The first-order valence-electron chi connectivity index (χ1n) is 8.20. The maximum atomic E-state index is 11.2. The molecule has 1 fully saturated rings. The van der Waals surface area contributed by atoms with Gasteiger partial charge in [0.15, 0.2) is 0 Å². The van der Waals surface area contributed by atoms with Gasteiger partial charge in [-0.1, -0.05) is 5.21 Å². The van der Waals surface area contributed by atoms with Crippen LogP contribution >= 0.6 is 15.9 Å². The predicted molar refractivity (Wildman–Crippen MR) is 92.9 cm³/mol. The van der Waals surface area contributed by atoms with Crippen molar-refractivity contribution in [2.45, 2.75) is 26.3 Å². The van der Waals surface area contributed by atoms with Crippen LogP contribution in [-0.4, -0.2) is 47.3 Å². The minimum absolute atomic E-state index is 0.187. The van der Waals surface area contributed by atoms with Crippen LogP contribution in [0, 0.1) is 5.92 Å². The van der Waals surface area contributed by atoms with E-state index in [1.54, 1.807) is 6.92 Å². The third-order valence-electron chi connectivity index (χ3n) is 3.83. The summed E-state index contributed by atoms with van der Waals surface area (Å²) in [5.74, 6) is 1.21. The molecule has 7 nitrogen and oxygen atoms in total. The standard InChI is InChI=1S/C16H21BrN4O3/c1-2-23-14(22)9-18-7-8-24-13-6-5-12-16(15(13)17)19-20-21(12)10-11-3-4-11/h5-6,11,18H,2-4,7-10H2,1H3. The van der Waals surface area contributed by atoms with Gasteiger partial charge in [0.2, 0.25) is 0 Å². The van der Waals surface area contributed by atoms with Gasteiger partial charge in [-0.2, -0.15) is 0 Å². The Morgan fingerprint density at radius 2 is 2.29 bits per heavy atom.